The smallest absolute Gasteiger partial charge is 0.387 e. The molecule has 0 N–H and O–H groups in total. The van der Waals surface area contributed by atoms with Gasteiger partial charge in [-0.05, 0) is 56.3 Å². The summed E-state index contributed by atoms with van der Waals surface area (Å²) < 4.78 is 46.4. The number of hydrogen-bond donors (Lipinski definition) is 0. The number of rotatable bonds is 10. The monoisotopic (exact) mass is 484 g/mol. The van der Waals surface area contributed by atoms with Gasteiger partial charge in [-0.2, -0.15) is 14.0 Å². The molecule has 1 aromatic heterocycles. The molecule has 0 amide bonds. The van der Waals surface area contributed by atoms with Crippen LogP contribution in [0.5, 0.6) is 17.2 Å². The molecule has 8 nitrogen and oxygen atoms in total. The molecule has 2 aromatic carbocycles. The predicted octanol–water partition coefficient (Wildman–Crippen LogP) is 4.38. The number of halogens is 2. The van der Waals surface area contributed by atoms with Gasteiger partial charge in [-0.1, -0.05) is 0 Å². The number of aryl methyl sites for hydroxylation is 1. The van der Waals surface area contributed by atoms with Crippen molar-refractivity contribution in [2.45, 2.75) is 20.5 Å². The average molecular weight is 484 g/mol. The minimum atomic E-state index is -2.92. The van der Waals surface area contributed by atoms with Crippen LogP contribution in [0.3, 0.4) is 0 Å². The second kappa shape index (κ2) is 11.2. The van der Waals surface area contributed by atoms with Crippen molar-refractivity contribution in [3.63, 3.8) is 0 Å². The Hall–Kier alpha value is -4.39. The highest BCUT2D eigenvalue weighted by Crippen LogP contribution is 2.28. The van der Waals surface area contributed by atoms with E-state index in [9.17, 15) is 18.4 Å². The van der Waals surface area contributed by atoms with Crippen molar-refractivity contribution >= 4 is 11.8 Å². The maximum atomic E-state index is 12.7. The lowest BCUT2D eigenvalue weighted by Gasteiger charge is -2.12. The Morgan fingerprint density at radius 2 is 1.74 bits per heavy atom. The van der Waals surface area contributed by atoms with Gasteiger partial charge in [-0.3, -0.25) is 4.79 Å². The lowest BCUT2D eigenvalue weighted by atomic mass is 10.1. The molecular weight excluding hydrogens is 462 g/mol. The number of hydrogen-bond acceptors (Lipinski definition) is 7. The molecule has 3 rings (SSSR count). The maximum absolute atomic E-state index is 12.7. The van der Waals surface area contributed by atoms with E-state index in [0.29, 0.717) is 22.5 Å². The van der Waals surface area contributed by atoms with E-state index in [4.69, 9.17) is 19.5 Å². The first-order valence-electron chi connectivity index (χ1n) is 10.4. The minimum absolute atomic E-state index is 0.0234. The number of methoxy groups -OCH3 is 1. The van der Waals surface area contributed by atoms with E-state index in [1.165, 1.54) is 37.4 Å². The molecule has 0 spiro atoms. The highest BCUT2D eigenvalue weighted by atomic mass is 19.3. The molecule has 1 heterocycles. The quantitative estimate of drug-likeness (QED) is 0.311. The second-order valence-corrected chi connectivity index (χ2v) is 7.34. The van der Waals surface area contributed by atoms with Crippen molar-refractivity contribution in [1.82, 2.24) is 4.57 Å². The fourth-order valence-corrected chi connectivity index (χ4v) is 3.48. The first kappa shape index (κ1) is 25.2. The molecule has 10 heteroatoms. The van der Waals surface area contributed by atoms with Crippen LogP contribution < -0.4 is 14.2 Å². The summed E-state index contributed by atoms with van der Waals surface area (Å²) in [5.41, 5.74) is 2.72. The SMILES string of the molecule is COc1cc(C#N)ccc1OCC(=O)OCC(=O)c1cc(C)n(-c2ccc(OC(F)F)cc2)c1C. The zero-order valence-electron chi connectivity index (χ0n) is 19.2. The number of ether oxygens (including phenoxy) is 4. The van der Waals surface area contributed by atoms with E-state index in [-0.39, 0.29) is 17.2 Å². The molecule has 0 saturated heterocycles. The number of ketones is 1. The summed E-state index contributed by atoms with van der Waals surface area (Å²) in [6.07, 6.45) is 0. The predicted molar refractivity (Wildman–Crippen MR) is 120 cm³/mol. The van der Waals surface area contributed by atoms with Crippen LogP contribution in [-0.4, -0.2) is 43.3 Å². The Kier molecular flexibility index (Phi) is 8.04. The van der Waals surface area contributed by atoms with E-state index < -0.39 is 31.6 Å². The van der Waals surface area contributed by atoms with Crippen molar-refractivity contribution in [2.24, 2.45) is 0 Å². The molecule has 0 bridgehead atoms. The van der Waals surface area contributed by atoms with Crippen LogP contribution in [0.1, 0.15) is 27.3 Å². The van der Waals surface area contributed by atoms with E-state index in [0.717, 1.165) is 5.69 Å². The summed E-state index contributed by atoms with van der Waals surface area (Å²) in [5.74, 6) is -0.604. The highest BCUT2D eigenvalue weighted by Gasteiger charge is 2.19. The molecule has 0 atom stereocenters. The van der Waals surface area contributed by atoms with E-state index in [2.05, 4.69) is 4.74 Å². The van der Waals surface area contributed by atoms with Crippen molar-refractivity contribution in [3.05, 3.63) is 71.0 Å². The van der Waals surface area contributed by atoms with Crippen molar-refractivity contribution in [1.29, 1.82) is 5.26 Å². The van der Waals surface area contributed by atoms with Crippen LogP contribution >= 0.6 is 0 Å². The van der Waals surface area contributed by atoms with Gasteiger partial charge in [0.1, 0.15) is 5.75 Å². The molecule has 0 aliphatic heterocycles. The third-order valence-corrected chi connectivity index (χ3v) is 5.05. The minimum Gasteiger partial charge on any atom is -0.493 e. The number of esters is 1. The molecule has 0 radical (unpaired) electrons. The number of aromatic nitrogens is 1. The number of benzene rings is 2. The summed E-state index contributed by atoms with van der Waals surface area (Å²) in [7, 11) is 1.41. The number of Topliss-reactive ketones (excluding diaryl/α,β-unsaturated/α-hetero) is 1. The van der Waals surface area contributed by atoms with Gasteiger partial charge in [-0.25, -0.2) is 4.79 Å². The summed E-state index contributed by atoms with van der Waals surface area (Å²) >= 11 is 0. The Bertz CT molecular complexity index is 1260. The molecule has 35 heavy (non-hydrogen) atoms. The lowest BCUT2D eigenvalue weighted by molar-refractivity contribution is -0.144. The zero-order valence-corrected chi connectivity index (χ0v) is 19.2. The van der Waals surface area contributed by atoms with E-state index in [1.807, 2.05) is 6.07 Å². The van der Waals surface area contributed by atoms with Crippen LogP contribution in [0.2, 0.25) is 0 Å². The van der Waals surface area contributed by atoms with E-state index >= 15 is 0 Å². The Morgan fingerprint density at radius 1 is 1.03 bits per heavy atom. The number of carbonyl (C=O) groups excluding carboxylic acids is 2. The van der Waals surface area contributed by atoms with Crippen LogP contribution in [0, 0.1) is 25.2 Å². The van der Waals surface area contributed by atoms with Crippen molar-refractivity contribution in [2.75, 3.05) is 20.3 Å². The third kappa shape index (κ3) is 6.14. The second-order valence-electron chi connectivity index (χ2n) is 7.34. The van der Waals surface area contributed by atoms with Crippen LogP contribution in [0.4, 0.5) is 8.78 Å². The Labute approximate surface area is 200 Å². The van der Waals surface area contributed by atoms with Gasteiger partial charge in [0.05, 0.1) is 18.7 Å². The largest absolute Gasteiger partial charge is 0.493 e. The number of alkyl halides is 2. The molecule has 0 aliphatic rings. The molecule has 0 unspecified atom stereocenters. The van der Waals surface area contributed by atoms with E-state index in [1.54, 1.807) is 36.6 Å². The first-order valence-corrected chi connectivity index (χ1v) is 10.4. The average Bonchev–Trinajstić information content (AvgIpc) is 3.15. The van der Waals surface area contributed by atoms with Gasteiger partial charge in [0, 0.05) is 28.7 Å². The topological polar surface area (TPSA) is 99.8 Å². The highest BCUT2D eigenvalue weighted by molar-refractivity contribution is 5.99. The van der Waals surface area contributed by atoms with Gasteiger partial charge in [0.25, 0.3) is 0 Å². The Morgan fingerprint density at radius 3 is 2.37 bits per heavy atom. The van der Waals surface area contributed by atoms with Gasteiger partial charge < -0.3 is 23.5 Å². The summed E-state index contributed by atoms with van der Waals surface area (Å²) in [5, 5.41) is 8.94. The van der Waals surface area contributed by atoms with Crippen LogP contribution in [0.25, 0.3) is 5.69 Å². The van der Waals surface area contributed by atoms with Crippen LogP contribution in [0.15, 0.2) is 48.5 Å². The summed E-state index contributed by atoms with van der Waals surface area (Å²) in [6.45, 7) is -0.344. The molecular formula is C25H22F2N2O6. The third-order valence-electron chi connectivity index (χ3n) is 5.05. The number of nitriles is 1. The molecule has 182 valence electrons. The normalized spacial score (nSPS) is 10.5. The first-order chi connectivity index (χ1) is 16.7. The number of carbonyl (C=O) groups is 2. The fraction of sp³-hybridized carbons (Fsp3) is 0.240. The summed E-state index contributed by atoms with van der Waals surface area (Å²) in [6, 6.07) is 14.1. The Balaban J connectivity index is 1.61. The zero-order chi connectivity index (χ0) is 25.5. The molecule has 0 saturated carbocycles. The standard InChI is InChI=1S/C25H22F2N2O6/c1-15-10-20(16(2)29(15)18-5-7-19(8-6-18)35-25(26)27)21(30)13-34-24(31)14-33-22-9-4-17(12-28)11-23(22)32-3/h4-11,25H,13-14H2,1-3H3. The van der Waals surface area contributed by atoms with Crippen LogP contribution in [-0.2, 0) is 9.53 Å². The van der Waals surface area contributed by atoms with Crippen molar-refractivity contribution < 1.29 is 37.3 Å². The van der Waals surface area contributed by atoms with Gasteiger partial charge >= 0.3 is 12.6 Å². The van der Waals surface area contributed by atoms with Crippen molar-refractivity contribution in [3.8, 4) is 29.0 Å². The summed E-state index contributed by atoms with van der Waals surface area (Å²) in [4.78, 5) is 24.8. The fourth-order valence-electron chi connectivity index (χ4n) is 3.48. The van der Waals surface area contributed by atoms with Gasteiger partial charge in [0.15, 0.2) is 24.7 Å². The maximum Gasteiger partial charge on any atom is 0.387 e. The number of nitrogens with zero attached hydrogens (tertiary/aromatic N) is 2. The lowest BCUT2D eigenvalue weighted by Crippen LogP contribution is -2.20. The van der Waals surface area contributed by atoms with Gasteiger partial charge in [0.2, 0.25) is 5.78 Å². The van der Waals surface area contributed by atoms with Gasteiger partial charge in [-0.15, -0.1) is 0 Å². The molecule has 0 fully saturated rings. The molecule has 0 aliphatic carbocycles. The molecule has 3 aromatic rings.